The lowest BCUT2D eigenvalue weighted by Crippen LogP contribution is -2.27. The number of hydrogen-bond donors (Lipinski definition) is 2. The maximum absolute atomic E-state index is 12.0. The van der Waals surface area contributed by atoms with Gasteiger partial charge in [0.15, 0.2) is 0 Å². The molecule has 0 atom stereocenters. The summed E-state index contributed by atoms with van der Waals surface area (Å²) in [5.41, 5.74) is 1.53. The molecule has 0 radical (unpaired) electrons. The van der Waals surface area contributed by atoms with Crippen LogP contribution >= 0.6 is 0 Å². The normalized spacial score (nSPS) is 20.4. The average Bonchev–Trinajstić information content (AvgIpc) is 3.09. The molecule has 1 heterocycles. The summed E-state index contributed by atoms with van der Waals surface area (Å²) in [5.74, 6) is 0.905. The third-order valence-corrected chi connectivity index (χ3v) is 3.43. The smallest absolute Gasteiger partial charge is 0.232 e. The lowest BCUT2D eigenvalue weighted by Gasteiger charge is -2.12. The molecule has 0 bridgehead atoms. The minimum absolute atomic E-state index is 0.131. The molecule has 1 amide bonds. The van der Waals surface area contributed by atoms with E-state index in [0.29, 0.717) is 6.54 Å². The Labute approximate surface area is 94.0 Å². The van der Waals surface area contributed by atoms with Gasteiger partial charge in [-0.05, 0) is 25.0 Å². The summed E-state index contributed by atoms with van der Waals surface area (Å²) >= 11 is 0. The van der Waals surface area contributed by atoms with Crippen LogP contribution in [0.4, 0.5) is 11.4 Å². The molecule has 2 aliphatic rings. The molecule has 2 N–H and O–H groups in total. The van der Waals surface area contributed by atoms with Crippen LogP contribution in [-0.2, 0) is 4.79 Å². The molecule has 3 rings (SSSR count). The first kappa shape index (κ1) is 9.51. The van der Waals surface area contributed by atoms with Crippen molar-refractivity contribution in [1.29, 1.82) is 0 Å². The van der Waals surface area contributed by atoms with Crippen molar-refractivity contribution >= 4 is 17.3 Å². The second-order valence-electron chi connectivity index (χ2n) is 4.47. The van der Waals surface area contributed by atoms with Crippen LogP contribution in [0.15, 0.2) is 18.2 Å². The van der Waals surface area contributed by atoms with Crippen molar-refractivity contribution in [2.24, 2.45) is 5.41 Å². The van der Waals surface area contributed by atoms with Crippen LogP contribution in [0, 0.1) is 5.41 Å². The van der Waals surface area contributed by atoms with Crippen molar-refractivity contribution in [2.75, 3.05) is 24.3 Å². The van der Waals surface area contributed by atoms with Crippen molar-refractivity contribution in [2.45, 2.75) is 12.8 Å². The quantitative estimate of drug-likeness (QED) is 0.756. The maximum atomic E-state index is 12.0. The molecule has 1 aromatic rings. The van der Waals surface area contributed by atoms with E-state index in [-0.39, 0.29) is 11.3 Å². The highest BCUT2D eigenvalue weighted by molar-refractivity contribution is 6.02. The van der Waals surface area contributed by atoms with Gasteiger partial charge >= 0.3 is 0 Å². The third kappa shape index (κ3) is 1.26. The van der Waals surface area contributed by atoms with Crippen molar-refractivity contribution in [3.8, 4) is 5.75 Å². The molecule has 84 valence electrons. The fourth-order valence-electron chi connectivity index (χ4n) is 2.14. The Morgan fingerprint density at radius 2 is 2.19 bits per heavy atom. The molecule has 1 spiro atoms. The van der Waals surface area contributed by atoms with E-state index in [0.717, 1.165) is 30.0 Å². The van der Waals surface area contributed by atoms with Crippen LogP contribution in [0.1, 0.15) is 12.8 Å². The standard InChI is InChI=1S/C12H14N2O2/c1-16-9-4-2-3-8-10(9)13-7-12(5-6-12)11(15)14-8/h2-4,13H,5-7H2,1H3,(H,14,15). The maximum Gasteiger partial charge on any atom is 0.232 e. The van der Waals surface area contributed by atoms with Crippen LogP contribution < -0.4 is 15.4 Å². The van der Waals surface area contributed by atoms with Crippen molar-refractivity contribution < 1.29 is 9.53 Å². The van der Waals surface area contributed by atoms with Crippen LogP contribution in [0.5, 0.6) is 5.75 Å². The molecule has 0 aromatic heterocycles. The van der Waals surface area contributed by atoms with Gasteiger partial charge in [-0.2, -0.15) is 0 Å². The summed E-state index contributed by atoms with van der Waals surface area (Å²) in [7, 11) is 1.64. The van der Waals surface area contributed by atoms with Gasteiger partial charge in [0.05, 0.1) is 18.2 Å². The highest BCUT2D eigenvalue weighted by atomic mass is 16.5. The van der Waals surface area contributed by atoms with Gasteiger partial charge in [0, 0.05) is 6.54 Å². The number of amides is 1. The molecule has 0 unspecified atom stereocenters. The second kappa shape index (κ2) is 3.14. The number of benzene rings is 1. The Hall–Kier alpha value is -1.71. The Morgan fingerprint density at radius 3 is 2.88 bits per heavy atom. The predicted molar refractivity (Wildman–Crippen MR) is 61.8 cm³/mol. The van der Waals surface area contributed by atoms with Crippen molar-refractivity contribution in [1.82, 2.24) is 0 Å². The first-order valence-electron chi connectivity index (χ1n) is 5.47. The zero-order valence-electron chi connectivity index (χ0n) is 9.17. The van der Waals surface area contributed by atoms with E-state index in [1.165, 1.54) is 0 Å². The Balaban J connectivity index is 2.02. The molecule has 1 saturated carbocycles. The van der Waals surface area contributed by atoms with Gasteiger partial charge in [-0.1, -0.05) is 6.07 Å². The largest absolute Gasteiger partial charge is 0.495 e. The van der Waals surface area contributed by atoms with E-state index < -0.39 is 0 Å². The first-order chi connectivity index (χ1) is 7.75. The van der Waals surface area contributed by atoms with E-state index in [1.54, 1.807) is 7.11 Å². The van der Waals surface area contributed by atoms with Gasteiger partial charge in [0.25, 0.3) is 0 Å². The monoisotopic (exact) mass is 218 g/mol. The summed E-state index contributed by atoms with van der Waals surface area (Å²) in [6.45, 7) is 0.701. The van der Waals surface area contributed by atoms with Gasteiger partial charge < -0.3 is 15.4 Å². The van der Waals surface area contributed by atoms with Crippen molar-refractivity contribution in [3.63, 3.8) is 0 Å². The lowest BCUT2D eigenvalue weighted by atomic mass is 10.1. The molecular weight excluding hydrogens is 204 g/mol. The summed E-state index contributed by atoms with van der Waals surface area (Å²) < 4.78 is 5.28. The molecule has 1 aromatic carbocycles. The minimum atomic E-state index is -0.177. The summed E-state index contributed by atoms with van der Waals surface area (Å²) in [6.07, 6.45) is 1.95. The van der Waals surface area contributed by atoms with E-state index in [4.69, 9.17) is 4.74 Å². The van der Waals surface area contributed by atoms with Gasteiger partial charge in [0.1, 0.15) is 11.4 Å². The zero-order chi connectivity index (χ0) is 11.2. The topological polar surface area (TPSA) is 50.4 Å². The van der Waals surface area contributed by atoms with E-state index >= 15 is 0 Å². The van der Waals surface area contributed by atoms with Crippen LogP contribution in [0.3, 0.4) is 0 Å². The predicted octanol–water partition coefficient (Wildman–Crippen LogP) is 1.84. The Kier molecular flexibility index (Phi) is 1.87. The number of anilines is 2. The number of hydrogen-bond acceptors (Lipinski definition) is 3. The number of methoxy groups -OCH3 is 1. The summed E-state index contributed by atoms with van der Waals surface area (Å²) in [6, 6.07) is 5.66. The lowest BCUT2D eigenvalue weighted by molar-refractivity contribution is -0.120. The van der Waals surface area contributed by atoms with Gasteiger partial charge in [0.2, 0.25) is 5.91 Å². The molecule has 1 aliphatic heterocycles. The summed E-state index contributed by atoms with van der Waals surface area (Å²) in [5, 5.41) is 6.29. The van der Waals surface area contributed by atoms with Gasteiger partial charge in [-0.25, -0.2) is 0 Å². The SMILES string of the molecule is COc1cccc2c1NCC1(CC1)C(=O)N2. The molecule has 0 saturated heterocycles. The second-order valence-corrected chi connectivity index (χ2v) is 4.47. The Morgan fingerprint density at radius 1 is 1.38 bits per heavy atom. The fraction of sp³-hybridized carbons (Fsp3) is 0.417. The Bertz CT molecular complexity index is 452. The molecule has 4 nitrogen and oxygen atoms in total. The van der Waals surface area contributed by atoms with E-state index in [2.05, 4.69) is 10.6 Å². The number of fused-ring (bicyclic) bond motifs is 1. The van der Waals surface area contributed by atoms with Crippen LogP contribution in [-0.4, -0.2) is 19.6 Å². The number of carbonyl (C=O) groups is 1. The summed E-state index contributed by atoms with van der Waals surface area (Å²) in [4.78, 5) is 12.0. The number of carbonyl (C=O) groups excluding carboxylic acids is 1. The van der Waals surface area contributed by atoms with Crippen molar-refractivity contribution in [3.05, 3.63) is 18.2 Å². The van der Waals surface area contributed by atoms with Gasteiger partial charge in [-0.3, -0.25) is 4.79 Å². The first-order valence-corrected chi connectivity index (χ1v) is 5.47. The number of nitrogens with one attached hydrogen (secondary N) is 2. The fourth-order valence-corrected chi connectivity index (χ4v) is 2.14. The molecule has 1 aliphatic carbocycles. The number of rotatable bonds is 1. The highest BCUT2D eigenvalue weighted by Crippen LogP contribution is 2.49. The molecule has 1 fully saturated rings. The molecule has 16 heavy (non-hydrogen) atoms. The minimum Gasteiger partial charge on any atom is -0.495 e. The van der Waals surface area contributed by atoms with Crippen LogP contribution in [0.2, 0.25) is 0 Å². The van der Waals surface area contributed by atoms with Gasteiger partial charge in [-0.15, -0.1) is 0 Å². The van der Waals surface area contributed by atoms with E-state index in [9.17, 15) is 4.79 Å². The van der Waals surface area contributed by atoms with Crippen LogP contribution in [0.25, 0.3) is 0 Å². The molecular formula is C12H14N2O2. The third-order valence-electron chi connectivity index (χ3n) is 3.43. The number of para-hydroxylation sites is 1. The average molecular weight is 218 g/mol. The zero-order valence-corrected chi connectivity index (χ0v) is 9.17. The van der Waals surface area contributed by atoms with E-state index in [1.807, 2.05) is 18.2 Å². The molecule has 4 heteroatoms. The number of ether oxygens (including phenoxy) is 1. The highest BCUT2D eigenvalue weighted by Gasteiger charge is 2.51.